The molecule has 0 radical (unpaired) electrons. The number of hydrogen-bond donors (Lipinski definition) is 0. The average Bonchev–Trinajstić information content (AvgIpc) is 2.62. The first kappa shape index (κ1) is 21.3. The summed E-state index contributed by atoms with van der Waals surface area (Å²) in [5.41, 5.74) is 2.28. The number of hydrogen-bond acceptors (Lipinski definition) is 1. The highest BCUT2D eigenvalue weighted by atomic mass is 16.5. The fourth-order valence-corrected chi connectivity index (χ4v) is 3.11. The van der Waals surface area contributed by atoms with Gasteiger partial charge in [-0.05, 0) is 61.8 Å². The van der Waals surface area contributed by atoms with E-state index in [1.807, 2.05) is 19.9 Å². The van der Waals surface area contributed by atoms with Crippen LogP contribution >= 0.6 is 0 Å². The van der Waals surface area contributed by atoms with Crippen LogP contribution in [0.25, 0.3) is 0 Å². The van der Waals surface area contributed by atoms with E-state index in [0.29, 0.717) is 5.92 Å². The van der Waals surface area contributed by atoms with E-state index in [1.165, 1.54) is 24.0 Å². The first-order valence-electron chi connectivity index (χ1n) is 9.77. The molecule has 0 aliphatic carbocycles. The molecule has 0 saturated heterocycles. The van der Waals surface area contributed by atoms with Crippen molar-refractivity contribution in [2.45, 2.75) is 72.8 Å². The minimum Gasteiger partial charge on any atom is -0.483 e. The van der Waals surface area contributed by atoms with Gasteiger partial charge in [0.05, 0.1) is 0 Å². The van der Waals surface area contributed by atoms with Crippen LogP contribution in [-0.2, 0) is 5.60 Å². The SMILES string of the molecule is CC.CCC(CC(C)C)c1ccc(OC(C)(C)c2ccccc2)cc1. The summed E-state index contributed by atoms with van der Waals surface area (Å²) in [6.07, 6.45) is 2.43. The lowest BCUT2D eigenvalue weighted by molar-refractivity contribution is 0.109. The van der Waals surface area contributed by atoms with Gasteiger partial charge in [-0.3, -0.25) is 0 Å². The van der Waals surface area contributed by atoms with Crippen molar-refractivity contribution in [3.05, 3.63) is 65.7 Å². The van der Waals surface area contributed by atoms with Crippen LogP contribution in [0.1, 0.15) is 78.4 Å². The van der Waals surface area contributed by atoms with Crippen LogP contribution in [-0.4, -0.2) is 0 Å². The molecule has 2 rings (SSSR count). The Morgan fingerprint density at radius 2 is 1.44 bits per heavy atom. The molecule has 0 heterocycles. The van der Waals surface area contributed by atoms with E-state index in [4.69, 9.17) is 4.74 Å². The van der Waals surface area contributed by atoms with Crippen LogP contribution in [0.4, 0.5) is 0 Å². The monoisotopic (exact) mass is 340 g/mol. The van der Waals surface area contributed by atoms with Crippen LogP contribution in [0, 0.1) is 5.92 Å². The molecule has 0 aromatic heterocycles. The Morgan fingerprint density at radius 1 is 0.880 bits per heavy atom. The van der Waals surface area contributed by atoms with Gasteiger partial charge in [0.15, 0.2) is 0 Å². The van der Waals surface area contributed by atoms with E-state index >= 15 is 0 Å². The third kappa shape index (κ3) is 6.57. The molecule has 0 spiro atoms. The predicted octanol–water partition coefficient (Wildman–Crippen LogP) is 7.57. The van der Waals surface area contributed by atoms with Gasteiger partial charge >= 0.3 is 0 Å². The highest BCUT2D eigenvalue weighted by Crippen LogP contribution is 2.31. The Bertz CT molecular complexity index is 581. The summed E-state index contributed by atoms with van der Waals surface area (Å²) in [6, 6.07) is 19.1. The van der Waals surface area contributed by atoms with Crippen molar-refractivity contribution in [3.63, 3.8) is 0 Å². The molecular weight excluding hydrogens is 304 g/mol. The molecule has 25 heavy (non-hydrogen) atoms. The van der Waals surface area contributed by atoms with Gasteiger partial charge in [-0.2, -0.15) is 0 Å². The first-order valence-corrected chi connectivity index (χ1v) is 9.77. The number of rotatable bonds is 7. The summed E-state index contributed by atoms with van der Waals surface area (Å²) in [6.45, 7) is 15.1. The van der Waals surface area contributed by atoms with Crippen molar-refractivity contribution >= 4 is 0 Å². The zero-order valence-corrected chi connectivity index (χ0v) is 17.2. The van der Waals surface area contributed by atoms with Crippen LogP contribution in [0.5, 0.6) is 5.75 Å². The molecule has 0 amide bonds. The Balaban J connectivity index is 0.00000151. The molecule has 1 atom stereocenters. The van der Waals surface area contributed by atoms with Crippen molar-refractivity contribution in [3.8, 4) is 5.75 Å². The van der Waals surface area contributed by atoms with Crippen LogP contribution < -0.4 is 4.74 Å². The molecule has 1 unspecified atom stereocenters. The molecule has 1 heteroatoms. The van der Waals surface area contributed by atoms with Gasteiger partial charge in [-0.1, -0.05) is 77.1 Å². The first-order chi connectivity index (χ1) is 11.9. The molecule has 138 valence electrons. The maximum Gasteiger partial charge on any atom is 0.128 e. The largest absolute Gasteiger partial charge is 0.483 e. The van der Waals surface area contributed by atoms with Crippen molar-refractivity contribution in [2.75, 3.05) is 0 Å². The molecule has 0 aliphatic rings. The van der Waals surface area contributed by atoms with E-state index in [-0.39, 0.29) is 5.60 Å². The number of ether oxygens (including phenoxy) is 1. The predicted molar refractivity (Wildman–Crippen MR) is 110 cm³/mol. The maximum atomic E-state index is 6.24. The Labute approximate surface area is 155 Å². The van der Waals surface area contributed by atoms with Gasteiger partial charge < -0.3 is 4.74 Å². The molecule has 0 aliphatic heterocycles. The lowest BCUT2D eigenvalue weighted by Crippen LogP contribution is -2.25. The third-order valence-electron chi connectivity index (χ3n) is 4.44. The maximum absolute atomic E-state index is 6.24. The zero-order valence-electron chi connectivity index (χ0n) is 17.2. The minimum absolute atomic E-state index is 0.329. The van der Waals surface area contributed by atoms with E-state index in [2.05, 4.69) is 83.1 Å². The molecule has 0 fully saturated rings. The lowest BCUT2D eigenvalue weighted by atomic mass is 9.88. The fraction of sp³-hybridized carbons (Fsp3) is 0.500. The van der Waals surface area contributed by atoms with E-state index in [9.17, 15) is 0 Å². The molecule has 0 N–H and O–H groups in total. The summed E-state index contributed by atoms with van der Waals surface area (Å²) in [4.78, 5) is 0. The fourth-order valence-electron chi connectivity index (χ4n) is 3.11. The summed E-state index contributed by atoms with van der Waals surface area (Å²) in [5, 5.41) is 0. The zero-order chi connectivity index (χ0) is 18.9. The Morgan fingerprint density at radius 3 is 1.92 bits per heavy atom. The second-order valence-electron chi connectivity index (χ2n) is 7.28. The minimum atomic E-state index is -0.329. The van der Waals surface area contributed by atoms with Gasteiger partial charge in [0.2, 0.25) is 0 Å². The Hall–Kier alpha value is -1.76. The smallest absolute Gasteiger partial charge is 0.128 e. The molecule has 0 saturated carbocycles. The van der Waals surface area contributed by atoms with Gasteiger partial charge in [-0.15, -0.1) is 0 Å². The topological polar surface area (TPSA) is 9.23 Å². The molecule has 2 aromatic rings. The van der Waals surface area contributed by atoms with Crippen molar-refractivity contribution in [2.24, 2.45) is 5.92 Å². The van der Waals surface area contributed by atoms with E-state index in [0.717, 1.165) is 11.7 Å². The van der Waals surface area contributed by atoms with Crippen molar-refractivity contribution < 1.29 is 4.74 Å². The Kier molecular flexibility index (Phi) is 8.75. The second kappa shape index (κ2) is 10.3. The van der Waals surface area contributed by atoms with E-state index < -0.39 is 0 Å². The number of benzene rings is 2. The van der Waals surface area contributed by atoms with Gasteiger partial charge in [-0.25, -0.2) is 0 Å². The molecule has 0 bridgehead atoms. The quantitative estimate of drug-likeness (QED) is 0.505. The average molecular weight is 341 g/mol. The standard InChI is InChI=1S/C22H30O.C2H6/c1-6-18(16-17(2)3)19-12-14-21(15-13-19)23-22(4,5)20-10-8-7-9-11-20;1-2/h7-15,17-18H,6,16H2,1-5H3;1-2H3. The van der Waals surface area contributed by atoms with Gasteiger partial charge in [0, 0.05) is 0 Å². The van der Waals surface area contributed by atoms with Gasteiger partial charge in [0.25, 0.3) is 0 Å². The van der Waals surface area contributed by atoms with Crippen LogP contribution in [0.15, 0.2) is 54.6 Å². The molecule has 2 aromatic carbocycles. The molecular formula is C24H36O. The summed E-state index contributed by atoms with van der Waals surface area (Å²) < 4.78 is 6.24. The van der Waals surface area contributed by atoms with Crippen molar-refractivity contribution in [1.82, 2.24) is 0 Å². The van der Waals surface area contributed by atoms with Gasteiger partial charge in [0.1, 0.15) is 11.4 Å². The highest BCUT2D eigenvalue weighted by molar-refractivity contribution is 5.31. The summed E-state index contributed by atoms with van der Waals surface area (Å²) in [7, 11) is 0. The summed E-state index contributed by atoms with van der Waals surface area (Å²) in [5.74, 6) is 2.31. The van der Waals surface area contributed by atoms with Crippen LogP contribution in [0.2, 0.25) is 0 Å². The highest BCUT2D eigenvalue weighted by Gasteiger charge is 2.22. The van der Waals surface area contributed by atoms with Crippen LogP contribution in [0.3, 0.4) is 0 Å². The lowest BCUT2D eigenvalue weighted by Gasteiger charge is -2.27. The third-order valence-corrected chi connectivity index (χ3v) is 4.44. The molecule has 1 nitrogen and oxygen atoms in total. The summed E-state index contributed by atoms with van der Waals surface area (Å²) >= 11 is 0. The van der Waals surface area contributed by atoms with Crippen molar-refractivity contribution in [1.29, 1.82) is 0 Å². The normalized spacial score (nSPS) is 12.3. The second-order valence-corrected chi connectivity index (χ2v) is 7.28. The van der Waals surface area contributed by atoms with E-state index in [1.54, 1.807) is 0 Å².